The molecule has 0 fully saturated rings. The van der Waals surface area contributed by atoms with Crippen LogP contribution >= 0.6 is 0 Å². The molecule has 0 radical (unpaired) electrons. The molecule has 2 N–H and O–H groups in total. The van der Waals surface area contributed by atoms with E-state index < -0.39 is 0 Å². The van der Waals surface area contributed by atoms with Crippen LogP contribution in [0.2, 0.25) is 11.0 Å². The van der Waals surface area contributed by atoms with Crippen LogP contribution in [0.25, 0.3) is 11.5 Å². The van der Waals surface area contributed by atoms with Crippen LogP contribution in [-0.2, 0) is 36.6 Å². The second-order valence-electron chi connectivity index (χ2n) is 1.50. The third-order valence-corrected chi connectivity index (χ3v) is 0.500. The second-order valence-corrected chi connectivity index (χ2v) is 1.50. The molecular formula is C8H22N2Zn2. The Morgan fingerprint density at radius 1 is 0.750 bits per heavy atom. The van der Waals surface area contributed by atoms with Crippen LogP contribution in [0.5, 0.6) is 0 Å². The Kier molecular flexibility index (Phi) is 110. The van der Waals surface area contributed by atoms with Gasteiger partial charge >= 0.3 is 47.6 Å². The summed E-state index contributed by atoms with van der Waals surface area (Å²) >= 11 is 2.75. The maximum atomic E-state index is 6.45. The van der Waals surface area contributed by atoms with Crippen LogP contribution in [0.1, 0.15) is 26.7 Å². The van der Waals surface area contributed by atoms with Gasteiger partial charge in [-0.15, -0.1) is 0 Å². The first-order valence-corrected chi connectivity index (χ1v) is 10.5. The summed E-state index contributed by atoms with van der Waals surface area (Å²) in [5, 5.41) is 0. The molecule has 0 bridgehead atoms. The van der Waals surface area contributed by atoms with Crippen molar-refractivity contribution in [2.24, 2.45) is 0 Å². The summed E-state index contributed by atoms with van der Waals surface area (Å²) in [5.74, 6) is 0. The van der Waals surface area contributed by atoms with Gasteiger partial charge in [-0.2, -0.15) is 13.1 Å². The van der Waals surface area contributed by atoms with Crippen molar-refractivity contribution < 1.29 is 36.6 Å². The number of nitrogens with one attached hydrogen (secondary N) is 2. The molecule has 0 atom stereocenters. The molecule has 2 nitrogen and oxygen atoms in total. The molecule has 0 aliphatic heterocycles. The molecule has 0 saturated carbocycles. The molecule has 0 aliphatic carbocycles. The first-order valence-electron chi connectivity index (χ1n) is 4.54. The van der Waals surface area contributed by atoms with E-state index in [4.69, 9.17) is 11.5 Å². The van der Waals surface area contributed by atoms with Crippen LogP contribution in [-0.4, -0.2) is 13.1 Å². The fourth-order valence-electron chi connectivity index (χ4n) is 0. The van der Waals surface area contributed by atoms with Gasteiger partial charge in [0, 0.05) is 0 Å². The first kappa shape index (κ1) is 23.2. The van der Waals surface area contributed by atoms with Gasteiger partial charge in [-0.25, -0.2) is 0 Å². The van der Waals surface area contributed by atoms with E-state index in [1.807, 2.05) is 13.8 Å². The van der Waals surface area contributed by atoms with Gasteiger partial charge in [-0.1, -0.05) is 26.7 Å². The van der Waals surface area contributed by atoms with Crippen molar-refractivity contribution in [2.45, 2.75) is 37.7 Å². The van der Waals surface area contributed by atoms with Crippen molar-refractivity contribution in [3.05, 3.63) is 11.5 Å². The molecule has 0 aromatic heterocycles. The summed E-state index contributed by atoms with van der Waals surface area (Å²) in [5.41, 5.74) is 17.2. The van der Waals surface area contributed by atoms with Crippen LogP contribution in [0.15, 0.2) is 0 Å². The zero-order valence-electron chi connectivity index (χ0n) is 9.24. The van der Waals surface area contributed by atoms with Gasteiger partial charge in [0.25, 0.3) is 0 Å². The van der Waals surface area contributed by atoms with Crippen molar-refractivity contribution in [2.75, 3.05) is 13.1 Å². The Morgan fingerprint density at radius 2 is 0.833 bits per heavy atom. The number of rotatable bonds is 2. The molecule has 0 saturated heterocycles. The van der Waals surface area contributed by atoms with Gasteiger partial charge in [0.1, 0.15) is 0 Å². The Morgan fingerprint density at radius 3 is 0.833 bits per heavy atom. The molecule has 0 unspecified atom stereocenters. The van der Waals surface area contributed by atoms with Crippen molar-refractivity contribution in [3.8, 4) is 0 Å². The van der Waals surface area contributed by atoms with E-state index in [1.165, 1.54) is 36.6 Å². The topological polar surface area (TPSA) is 47.6 Å². The van der Waals surface area contributed by atoms with Crippen molar-refractivity contribution in [3.63, 3.8) is 0 Å². The molecule has 68 valence electrons. The summed E-state index contributed by atoms with van der Waals surface area (Å²) in [6.45, 7) is 5.12. The first-order chi connectivity index (χ1) is 5.83. The molecule has 0 rings (SSSR count). The van der Waals surface area contributed by atoms with Gasteiger partial charge in [0.15, 0.2) is 0 Å². The summed E-state index contributed by atoms with van der Waals surface area (Å²) in [4.78, 5) is 0. The molecule has 0 heterocycles. The third-order valence-electron chi connectivity index (χ3n) is 0.500. The van der Waals surface area contributed by atoms with Gasteiger partial charge in [-0.05, 0) is 0 Å². The van der Waals surface area contributed by atoms with Crippen molar-refractivity contribution in [1.82, 2.24) is 0 Å². The second kappa shape index (κ2) is 56.8. The quantitative estimate of drug-likeness (QED) is 0.683. The van der Waals surface area contributed by atoms with Gasteiger partial charge < -0.3 is 11.5 Å². The molecule has 0 spiro atoms. The van der Waals surface area contributed by atoms with Gasteiger partial charge in [0.05, 0.1) is 0 Å². The van der Waals surface area contributed by atoms with E-state index in [0.717, 1.165) is 12.8 Å². The SMILES string of the molecule is CCC[NH-].CCC[NH-].[CH3][Zn+].[CH3][Zn+]. The summed E-state index contributed by atoms with van der Waals surface area (Å²) in [6.07, 6.45) is 1.97. The molecule has 0 aromatic carbocycles. The molecule has 0 amide bonds. The van der Waals surface area contributed by atoms with Gasteiger partial charge in [0.2, 0.25) is 0 Å². The van der Waals surface area contributed by atoms with Crippen molar-refractivity contribution >= 4 is 0 Å². The number of hydrogen-bond acceptors (Lipinski definition) is 0. The summed E-state index contributed by atoms with van der Waals surface area (Å²) < 4.78 is 0. The maximum absolute atomic E-state index is 6.45. The standard InChI is InChI=1S/2C3H8N.2CH3.2Zn/c2*1-2-3-4;;;;/h2*4H,2-3H2,1H3;2*1H3;;/q2*-1;;;2*+1. The van der Waals surface area contributed by atoms with E-state index in [1.54, 1.807) is 0 Å². The van der Waals surface area contributed by atoms with Crippen LogP contribution in [0, 0.1) is 0 Å². The molecule has 4 heteroatoms. The minimum absolute atomic E-state index is 0.569. The Bertz CT molecular complexity index is 23.0. The molecule has 0 aromatic rings. The third kappa shape index (κ3) is 115. The van der Waals surface area contributed by atoms with E-state index in [9.17, 15) is 0 Å². The summed E-state index contributed by atoms with van der Waals surface area (Å²) in [6, 6.07) is 0. The normalized spacial score (nSPS) is 6.17. The van der Waals surface area contributed by atoms with Crippen LogP contribution in [0.3, 0.4) is 0 Å². The Balaban J connectivity index is -0.0000000380. The minimum atomic E-state index is 0.569. The van der Waals surface area contributed by atoms with E-state index in [-0.39, 0.29) is 0 Å². The van der Waals surface area contributed by atoms with Crippen molar-refractivity contribution in [1.29, 1.82) is 0 Å². The molecule has 0 aliphatic rings. The van der Waals surface area contributed by atoms with Crippen LogP contribution in [0.4, 0.5) is 0 Å². The molecular weight excluding hydrogens is 255 g/mol. The zero-order valence-corrected chi connectivity index (χ0v) is 15.2. The van der Waals surface area contributed by atoms with E-state index in [2.05, 4.69) is 11.0 Å². The predicted octanol–water partition coefficient (Wildman–Crippen LogP) is 4.06. The average Bonchev–Trinajstić information content (AvgIpc) is 2.23. The van der Waals surface area contributed by atoms with E-state index in [0.29, 0.717) is 13.1 Å². The monoisotopic (exact) mass is 274 g/mol. The average molecular weight is 277 g/mol. The van der Waals surface area contributed by atoms with E-state index >= 15 is 0 Å². The summed E-state index contributed by atoms with van der Waals surface area (Å²) in [7, 11) is 0. The predicted molar refractivity (Wildman–Crippen MR) is 50.7 cm³/mol. The molecule has 12 heavy (non-hydrogen) atoms. The van der Waals surface area contributed by atoms with Crippen LogP contribution < -0.4 is 0 Å². The number of hydrogen-bond donors (Lipinski definition) is 0. The Labute approximate surface area is 98.6 Å². The zero-order chi connectivity index (χ0) is 10.8. The Hall–Kier alpha value is 1.17. The van der Waals surface area contributed by atoms with Gasteiger partial charge in [-0.3, -0.25) is 0 Å². The fraction of sp³-hybridized carbons (Fsp3) is 1.00. The fourth-order valence-corrected chi connectivity index (χ4v) is 0.